The van der Waals surface area contributed by atoms with Gasteiger partial charge in [0.1, 0.15) is 11.7 Å². The van der Waals surface area contributed by atoms with Crippen molar-refractivity contribution in [3.8, 4) is 0 Å². The van der Waals surface area contributed by atoms with Crippen molar-refractivity contribution in [2.75, 3.05) is 0 Å². The van der Waals surface area contributed by atoms with Gasteiger partial charge in [0.15, 0.2) is 0 Å². The summed E-state index contributed by atoms with van der Waals surface area (Å²) >= 11 is 0. The lowest BCUT2D eigenvalue weighted by Crippen LogP contribution is -2.11. The van der Waals surface area contributed by atoms with Crippen molar-refractivity contribution in [2.24, 2.45) is 0 Å². The van der Waals surface area contributed by atoms with Gasteiger partial charge in [0.25, 0.3) is 0 Å². The zero-order valence-electron chi connectivity index (χ0n) is 7.62. The van der Waals surface area contributed by atoms with Crippen molar-refractivity contribution < 1.29 is 6.11 Å². The Hall–Kier alpha value is -0.560. The quantitative estimate of drug-likeness (QED) is 0.446. The molecule has 0 aromatic carbocycles. The van der Waals surface area contributed by atoms with Gasteiger partial charge in [-0.05, 0) is 12.5 Å². The summed E-state index contributed by atoms with van der Waals surface area (Å²) < 4.78 is 12.6. The third kappa shape index (κ3) is 1.14. The van der Waals surface area contributed by atoms with Crippen LogP contribution in [0.3, 0.4) is 0 Å². The van der Waals surface area contributed by atoms with Gasteiger partial charge in [0.05, 0.1) is 0 Å². The second-order valence-electron chi connectivity index (χ2n) is 3.19. The highest BCUT2D eigenvalue weighted by Gasteiger charge is 2.52. The molecule has 0 aromatic rings. The third-order valence-electron chi connectivity index (χ3n) is 2.36. The van der Waals surface area contributed by atoms with E-state index in [9.17, 15) is 0 Å². The first-order valence-corrected chi connectivity index (χ1v) is 4.20. The number of epoxide rings is 1. The second-order valence-corrected chi connectivity index (χ2v) is 3.19. The molecule has 1 aliphatic carbocycles. The number of fused-ring (bicyclic) bond motifs is 1. The summed E-state index contributed by atoms with van der Waals surface area (Å²) in [6.07, 6.45) is 11.9. The lowest BCUT2D eigenvalue weighted by Gasteiger charge is -2.06. The van der Waals surface area contributed by atoms with Crippen LogP contribution in [0.15, 0.2) is 24.3 Å². The predicted molar refractivity (Wildman–Crippen MR) is 45.4 cm³/mol. The average molecular weight is 151 g/mol. The molecule has 0 bridgehead atoms. The lowest BCUT2D eigenvalue weighted by molar-refractivity contribution is 0.323. The fourth-order valence-electron chi connectivity index (χ4n) is 1.61. The van der Waals surface area contributed by atoms with Gasteiger partial charge in [-0.3, -0.25) is 0 Å². The molecule has 2 rings (SSSR count). The maximum Gasteiger partial charge on any atom is 0.117 e. The van der Waals surface area contributed by atoms with Gasteiger partial charge in [-0.1, -0.05) is 38.0 Å². The molecule has 0 aromatic heterocycles. The van der Waals surface area contributed by atoms with E-state index in [1.165, 1.54) is 0 Å². The molecular weight excluding hydrogens is 136 g/mol. The van der Waals surface area contributed by atoms with E-state index >= 15 is 0 Å². The van der Waals surface area contributed by atoms with Crippen LogP contribution in [-0.2, 0) is 4.74 Å². The van der Waals surface area contributed by atoms with Crippen molar-refractivity contribution in [1.29, 1.82) is 0 Å². The number of ether oxygens (including phenoxy) is 1. The molecular formula is C10H14O. The molecule has 1 aliphatic heterocycles. The summed E-state index contributed by atoms with van der Waals surface area (Å²) in [6.45, 7) is 0.542. The molecule has 1 heterocycles. The molecule has 0 saturated carbocycles. The maximum atomic E-state index is 7.02. The molecule has 11 heavy (non-hydrogen) atoms. The molecule has 2 aliphatic rings. The molecule has 0 spiro atoms. The Balaban J connectivity index is 1.82. The molecule has 2 atom stereocenters. The minimum atomic E-state index is 0.0456. The summed E-state index contributed by atoms with van der Waals surface area (Å²) in [5, 5.41) is 0. The van der Waals surface area contributed by atoms with E-state index in [2.05, 4.69) is 18.2 Å². The molecule has 60 valence electrons. The highest BCUT2D eigenvalue weighted by atomic mass is 16.6. The number of unbranched alkanes of at least 4 members (excludes halogenated alkanes) is 1. The van der Waals surface area contributed by atoms with E-state index in [0.29, 0.717) is 13.0 Å². The molecule has 1 saturated heterocycles. The van der Waals surface area contributed by atoms with Gasteiger partial charge >= 0.3 is 0 Å². The topological polar surface area (TPSA) is 12.5 Å². The SMILES string of the molecule is [2H]CCCCC12C=CC=CC1O2. The highest BCUT2D eigenvalue weighted by molar-refractivity contribution is 5.30. The van der Waals surface area contributed by atoms with Crippen LogP contribution >= 0.6 is 0 Å². The van der Waals surface area contributed by atoms with Crippen LogP contribution in [0.5, 0.6) is 0 Å². The van der Waals surface area contributed by atoms with Crippen molar-refractivity contribution in [3.63, 3.8) is 0 Å². The van der Waals surface area contributed by atoms with E-state index in [1.807, 2.05) is 6.08 Å². The fraction of sp³-hybridized carbons (Fsp3) is 0.600. The number of hydrogen-bond donors (Lipinski definition) is 0. The molecule has 0 N–H and O–H groups in total. The normalized spacial score (nSPS) is 40.0. The van der Waals surface area contributed by atoms with Crippen molar-refractivity contribution in [3.05, 3.63) is 24.3 Å². The van der Waals surface area contributed by atoms with Gasteiger partial charge in [0, 0.05) is 1.37 Å². The van der Waals surface area contributed by atoms with E-state index in [4.69, 9.17) is 6.11 Å². The minimum absolute atomic E-state index is 0.0456. The summed E-state index contributed by atoms with van der Waals surface area (Å²) in [5.74, 6) is 0. The van der Waals surface area contributed by atoms with Crippen molar-refractivity contribution >= 4 is 0 Å². The van der Waals surface area contributed by atoms with Gasteiger partial charge in [0.2, 0.25) is 0 Å². The molecule has 1 nitrogen and oxygen atoms in total. The molecule has 1 fully saturated rings. The molecule has 0 amide bonds. The smallest absolute Gasteiger partial charge is 0.117 e. The van der Waals surface area contributed by atoms with Crippen LogP contribution in [0.1, 0.15) is 27.5 Å². The summed E-state index contributed by atoms with van der Waals surface area (Å²) in [4.78, 5) is 0. The van der Waals surface area contributed by atoms with Crippen LogP contribution in [-0.4, -0.2) is 11.7 Å². The predicted octanol–water partition coefficient (Wildman–Crippen LogP) is 2.44. The largest absolute Gasteiger partial charge is 0.357 e. The van der Waals surface area contributed by atoms with Gasteiger partial charge in [-0.2, -0.15) is 0 Å². The van der Waals surface area contributed by atoms with Gasteiger partial charge in [-0.25, -0.2) is 0 Å². The Morgan fingerprint density at radius 2 is 2.64 bits per heavy atom. The lowest BCUT2D eigenvalue weighted by atomic mass is 9.95. The average Bonchev–Trinajstić information content (AvgIpc) is 2.79. The molecule has 0 radical (unpaired) electrons. The fourth-order valence-corrected chi connectivity index (χ4v) is 1.61. The first-order valence-electron chi connectivity index (χ1n) is 4.91. The molecule has 2 unspecified atom stereocenters. The Bertz CT molecular complexity index is 222. The van der Waals surface area contributed by atoms with Crippen LogP contribution in [0.4, 0.5) is 0 Å². The number of allylic oxidation sites excluding steroid dienone is 2. The van der Waals surface area contributed by atoms with Gasteiger partial charge < -0.3 is 4.74 Å². The second kappa shape index (κ2) is 2.49. The Kier molecular flexibility index (Phi) is 1.36. The maximum absolute atomic E-state index is 7.02. The minimum Gasteiger partial charge on any atom is -0.357 e. The van der Waals surface area contributed by atoms with E-state index in [0.717, 1.165) is 19.3 Å². The van der Waals surface area contributed by atoms with Gasteiger partial charge in [-0.15, -0.1) is 0 Å². The number of hydrogen-bond acceptors (Lipinski definition) is 1. The third-order valence-corrected chi connectivity index (χ3v) is 2.36. The summed E-state index contributed by atoms with van der Waals surface area (Å²) in [6, 6.07) is 0. The van der Waals surface area contributed by atoms with E-state index in [1.54, 1.807) is 0 Å². The Labute approximate surface area is 69.2 Å². The first kappa shape index (κ1) is 6.01. The van der Waals surface area contributed by atoms with Crippen LogP contribution in [0, 0.1) is 0 Å². The van der Waals surface area contributed by atoms with E-state index < -0.39 is 0 Å². The summed E-state index contributed by atoms with van der Waals surface area (Å²) in [7, 11) is 0. The van der Waals surface area contributed by atoms with Crippen LogP contribution in [0.2, 0.25) is 0 Å². The first-order chi connectivity index (χ1) is 5.87. The Morgan fingerprint density at radius 1 is 1.64 bits per heavy atom. The monoisotopic (exact) mass is 151 g/mol. The highest BCUT2D eigenvalue weighted by Crippen LogP contribution is 2.44. The van der Waals surface area contributed by atoms with E-state index in [-0.39, 0.29) is 5.60 Å². The van der Waals surface area contributed by atoms with Crippen molar-refractivity contribution in [1.82, 2.24) is 0 Å². The number of rotatable bonds is 3. The standard InChI is InChI=1S/C10H14O/c1-2-3-7-10-8-5-4-6-9(10)11-10/h4-6,8-9H,2-3,7H2,1H3/i1D. The zero-order chi connectivity index (χ0) is 8.44. The molecule has 1 heteroatoms. The zero-order valence-corrected chi connectivity index (χ0v) is 6.62. The van der Waals surface area contributed by atoms with Crippen molar-refractivity contribution in [2.45, 2.75) is 37.9 Å². The Morgan fingerprint density at radius 3 is 3.45 bits per heavy atom. The summed E-state index contributed by atoms with van der Waals surface area (Å²) in [5.41, 5.74) is 0.0456. The van der Waals surface area contributed by atoms with Crippen LogP contribution < -0.4 is 0 Å². The van der Waals surface area contributed by atoms with Crippen LogP contribution in [0.25, 0.3) is 0 Å².